The van der Waals surface area contributed by atoms with Crippen LogP contribution in [0.25, 0.3) is 0 Å². The number of likely N-dealkylation sites (tertiary alicyclic amines) is 1. The SMILES string of the molecule is CCCC1CCCCN1C1(CN)CCN2CCCC2C1. The van der Waals surface area contributed by atoms with E-state index in [4.69, 9.17) is 5.73 Å². The number of hydrogen-bond acceptors (Lipinski definition) is 3. The fourth-order valence-electron chi connectivity index (χ4n) is 5.13. The Morgan fingerprint density at radius 2 is 2.00 bits per heavy atom. The lowest BCUT2D eigenvalue weighted by Gasteiger charge is -2.54. The second-order valence-corrected chi connectivity index (χ2v) is 7.35. The maximum absolute atomic E-state index is 6.35. The molecule has 3 nitrogen and oxygen atoms in total. The average Bonchev–Trinajstić information content (AvgIpc) is 2.95. The molecule has 0 spiro atoms. The number of hydrogen-bond donors (Lipinski definition) is 1. The molecular weight excluding hydrogens is 246 g/mol. The molecule has 0 aromatic carbocycles. The minimum absolute atomic E-state index is 0.325. The molecular formula is C17H33N3. The molecule has 116 valence electrons. The smallest absolute Gasteiger partial charge is 0.0361 e. The summed E-state index contributed by atoms with van der Waals surface area (Å²) in [5.41, 5.74) is 6.68. The molecule has 0 amide bonds. The first kappa shape index (κ1) is 14.8. The molecule has 3 atom stereocenters. The monoisotopic (exact) mass is 279 g/mol. The number of piperidine rings is 2. The van der Waals surface area contributed by atoms with E-state index in [1.165, 1.54) is 77.4 Å². The van der Waals surface area contributed by atoms with Crippen LogP contribution in [0, 0.1) is 0 Å². The van der Waals surface area contributed by atoms with Crippen molar-refractivity contribution in [3.8, 4) is 0 Å². The predicted molar refractivity (Wildman–Crippen MR) is 84.9 cm³/mol. The largest absolute Gasteiger partial charge is 0.329 e. The molecule has 3 saturated heterocycles. The second-order valence-electron chi connectivity index (χ2n) is 7.35. The Morgan fingerprint density at radius 3 is 2.80 bits per heavy atom. The van der Waals surface area contributed by atoms with Gasteiger partial charge in [-0.3, -0.25) is 4.90 Å². The zero-order valence-electron chi connectivity index (χ0n) is 13.3. The zero-order chi connectivity index (χ0) is 14.0. The van der Waals surface area contributed by atoms with Crippen molar-refractivity contribution in [1.29, 1.82) is 0 Å². The van der Waals surface area contributed by atoms with Gasteiger partial charge in [0.05, 0.1) is 0 Å². The number of rotatable bonds is 4. The molecule has 20 heavy (non-hydrogen) atoms. The van der Waals surface area contributed by atoms with Crippen LogP contribution in [-0.4, -0.2) is 53.6 Å². The van der Waals surface area contributed by atoms with Gasteiger partial charge in [0.15, 0.2) is 0 Å². The van der Waals surface area contributed by atoms with Crippen molar-refractivity contribution >= 4 is 0 Å². The zero-order valence-corrected chi connectivity index (χ0v) is 13.3. The molecule has 3 unspecified atom stereocenters. The molecule has 0 aromatic heterocycles. The van der Waals surface area contributed by atoms with Crippen molar-refractivity contribution in [3.63, 3.8) is 0 Å². The van der Waals surface area contributed by atoms with Gasteiger partial charge in [-0.25, -0.2) is 0 Å². The standard InChI is InChI=1S/C17H33N3/c1-2-6-15-7-3-4-11-20(15)17(14-18)9-12-19-10-5-8-16(19)13-17/h15-16H,2-14,18H2,1H3. The van der Waals surface area contributed by atoms with Crippen LogP contribution in [0.2, 0.25) is 0 Å². The third-order valence-electron chi connectivity index (χ3n) is 6.22. The number of fused-ring (bicyclic) bond motifs is 1. The molecule has 3 fully saturated rings. The summed E-state index contributed by atoms with van der Waals surface area (Å²) in [7, 11) is 0. The third kappa shape index (κ3) is 2.65. The summed E-state index contributed by atoms with van der Waals surface area (Å²) in [6.45, 7) is 7.13. The minimum atomic E-state index is 0.325. The molecule has 0 bridgehead atoms. The van der Waals surface area contributed by atoms with Crippen LogP contribution in [0.4, 0.5) is 0 Å². The van der Waals surface area contributed by atoms with Gasteiger partial charge in [0.25, 0.3) is 0 Å². The van der Waals surface area contributed by atoms with Gasteiger partial charge in [-0.1, -0.05) is 19.8 Å². The van der Waals surface area contributed by atoms with Crippen molar-refractivity contribution in [1.82, 2.24) is 9.80 Å². The van der Waals surface area contributed by atoms with Gasteiger partial charge in [0, 0.05) is 30.7 Å². The summed E-state index contributed by atoms with van der Waals surface area (Å²) in [5, 5.41) is 0. The van der Waals surface area contributed by atoms with Crippen molar-refractivity contribution in [2.45, 2.75) is 82.3 Å². The Hall–Kier alpha value is -0.120. The predicted octanol–water partition coefficient (Wildman–Crippen LogP) is 2.60. The van der Waals surface area contributed by atoms with Crippen molar-refractivity contribution in [2.75, 3.05) is 26.2 Å². The highest BCUT2D eigenvalue weighted by atomic mass is 15.3. The van der Waals surface area contributed by atoms with Crippen LogP contribution in [0.1, 0.15) is 64.7 Å². The minimum Gasteiger partial charge on any atom is -0.329 e. The lowest BCUT2D eigenvalue weighted by Crippen LogP contribution is -2.64. The Bertz CT molecular complexity index is 317. The second kappa shape index (κ2) is 6.33. The number of nitrogens with zero attached hydrogens (tertiary/aromatic N) is 2. The van der Waals surface area contributed by atoms with Crippen LogP contribution in [0.5, 0.6) is 0 Å². The summed E-state index contributed by atoms with van der Waals surface area (Å²) < 4.78 is 0. The summed E-state index contributed by atoms with van der Waals surface area (Å²) in [5.74, 6) is 0. The van der Waals surface area contributed by atoms with E-state index in [9.17, 15) is 0 Å². The Morgan fingerprint density at radius 1 is 1.10 bits per heavy atom. The highest BCUT2D eigenvalue weighted by Crippen LogP contribution is 2.40. The van der Waals surface area contributed by atoms with Gasteiger partial charge < -0.3 is 10.6 Å². The van der Waals surface area contributed by atoms with E-state index in [0.717, 1.165) is 18.6 Å². The Balaban J connectivity index is 1.76. The quantitative estimate of drug-likeness (QED) is 0.858. The van der Waals surface area contributed by atoms with Crippen molar-refractivity contribution < 1.29 is 0 Å². The van der Waals surface area contributed by atoms with Gasteiger partial charge in [-0.2, -0.15) is 0 Å². The summed E-state index contributed by atoms with van der Waals surface area (Å²) in [6, 6.07) is 1.64. The van der Waals surface area contributed by atoms with E-state index in [1.54, 1.807) is 0 Å². The first-order valence-corrected chi connectivity index (χ1v) is 9.00. The van der Waals surface area contributed by atoms with Gasteiger partial charge in [0.2, 0.25) is 0 Å². The fraction of sp³-hybridized carbons (Fsp3) is 1.00. The molecule has 0 aliphatic carbocycles. The molecule has 3 heterocycles. The molecule has 3 rings (SSSR count). The summed E-state index contributed by atoms with van der Waals surface area (Å²) >= 11 is 0. The molecule has 3 aliphatic heterocycles. The van der Waals surface area contributed by atoms with E-state index >= 15 is 0 Å². The van der Waals surface area contributed by atoms with Gasteiger partial charge in [-0.05, 0) is 58.0 Å². The number of nitrogens with two attached hydrogens (primary N) is 1. The van der Waals surface area contributed by atoms with Crippen LogP contribution in [-0.2, 0) is 0 Å². The summed E-state index contributed by atoms with van der Waals surface area (Å²) in [4.78, 5) is 5.60. The highest BCUT2D eigenvalue weighted by Gasteiger charge is 2.46. The average molecular weight is 279 g/mol. The molecule has 0 radical (unpaired) electrons. The van der Waals surface area contributed by atoms with Crippen LogP contribution >= 0.6 is 0 Å². The first-order valence-electron chi connectivity index (χ1n) is 9.00. The lowest BCUT2D eigenvalue weighted by atomic mass is 9.78. The third-order valence-corrected chi connectivity index (χ3v) is 6.22. The lowest BCUT2D eigenvalue weighted by molar-refractivity contribution is -0.0343. The molecule has 0 aromatic rings. The van der Waals surface area contributed by atoms with Crippen molar-refractivity contribution in [3.05, 3.63) is 0 Å². The van der Waals surface area contributed by atoms with E-state index < -0.39 is 0 Å². The topological polar surface area (TPSA) is 32.5 Å². The molecule has 3 heteroatoms. The maximum atomic E-state index is 6.35. The van der Waals surface area contributed by atoms with E-state index in [-0.39, 0.29) is 0 Å². The van der Waals surface area contributed by atoms with Crippen LogP contribution < -0.4 is 5.73 Å². The van der Waals surface area contributed by atoms with Crippen LogP contribution in [0.15, 0.2) is 0 Å². The van der Waals surface area contributed by atoms with Crippen LogP contribution in [0.3, 0.4) is 0 Å². The van der Waals surface area contributed by atoms with Gasteiger partial charge in [-0.15, -0.1) is 0 Å². The first-order chi connectivity index (χ1) is 9.79. The Kier molecular flexibility index (Phi) is 4.68. The molecule has 3 aliphatic rings. The normalized spacial score (nSPS) is 39.9. The fourth-order valence-corrected chi connectivity index (χ4v) is 5.13. The van der Waals surface area contributed by atoms with Gasteiger partial charge in [0.1, 0.15) is 0 Å². The van der Waals surface area contributed by atoms with E-state index in [2.05, 4.69) is 16.7 Å². The molecule has 2 N–H and O–H groups in total. The van der Waals surface area contributed by atoms with Crippen molar-refractivity contribution in [2.24, 2.45) is 5.73 Å². The highest BCUT2D eigenvalue weighted by molar-refractivity contribution is 5.04. The summed E-state index contributed by atoms with van der Waals surface area (Å²) in [6.07, 6.45) is 12.4. The molecule has 0 saturated carbocycles. The van der Waals surface area contributed by atoms with Gasteiger partial charge >= 0.3 is 0 Å². The van der Waals surface area contributed by atoms with E-state index in [0.29, 0.717) is 5.54 Å². The maximum Gasteiger partial charge on any atom is 0.0361 e. The Labute approximate surface area is 124 Å². The van der Waals surface area contributed by atoms with E-state index in [1.807, 2.05) is 0 Å².